The second kappa shape index (κ2) is 7.47. The first-order valence-electron chi connectivity index (χ1n) is 8.24. The van der Waals surface area contributed by atoms with Crippen molar-refractivity contribution in [3.63, 3.8) is 0 Å². The molecule has 0 aliphatic carbocycles. The monoisotopic (exact) mass is 359 g/mol. The number of aromatic nitrogens is 2. The molecule has 8 nitrogen and oxygen atoms in total. The van der Waals surface area contributed by atoms with Gasteiger partial charge in [0.15, 0.2) is 17.3 Å². The van der Waals surface area contributed by atoms with Crippen LogP contribution in [0.1, 0.15) is 57.4 Å². The van der Waals surface area contributed by atoms with Crippen molar-refractivity contribution in [2.75, 3.05) is 0 Å². The third kappa shape index (κ3) is 3.63. The number of benzene rings is 1. The lowest BCUT2D eigenvalue weighted by Crippen LogP contribution is -2.14. The highest BCUT2D eigenvalue weighted by Gasteiger charge is 2.32. The number of rotatable bonds is 7. The molecule has 0 unspecified atom stereocenters. The van der Waals surface area contributed by atoms with E-state index in [4.69, 9.17) is 0 Å². The van der Waals surface area contributed by atoms with E-state index in [0.717, 1.165) is 10.2 Å². The van der Waals surface area contributed by atoms with E-state index in [1.54, 1.807) is 19.9 Å². The number of carbonyl (C=O) groups excluding carboxylic acids is 2. The van der Waals surface area contributed by atoms with E-state index in [1.165, 1.54) is 13.1 Å². The Labute approximate surface area is 150 Å². The topological polar surface area (TPSA) is 115 Å². The average molecular weight is 359 g/mol. The van der Waals surface area contributed by atoms with Crippen molar-refractivity contribution in [2.24, 2.45) is 7.05 Å². The maximum Gasteiger partial charge on any atom is 0.321 e. The number of carbonyl (C=O) groups is 2. The molecular formula is C18H21N3O5. The van der Waals surface area contributed by atoms with Crippen molar-refractivity contribution in [2.45, 2.75) is 40.0 Å². The van der Waals surface area contributed by atoms with Crippen LogP contribution in [0.25, 0.3) is 0 Å². The number of nitro groups is 1. The Bertz CT molecular complexity index is 899. The van der Waals surface area contributed by atoms with Crippen LogP contribution in [0.3, 0.4) is 0 Å². The molecular weight excluding hydrogens is 338 g/mol. The van der Waals surface area contributed by atoms with E-state index in [2.05, 4.69) is 5.10 Å². The van der Waals surface area contributed by atoms with E-state index < -0.39 is 22.9 Å². The first-order valence-corrected chi connectivity index (χ1v) is 8.24. The van der Waals surface area contributed by atoms with Crippen LogP contribution in [-0.2, 0) is 13.5 Å². The minimum absolute atomic E-state index is 0.0365. The quantitative estimate of drug-likeness (QED) is 0.351. The predicted octanol–water partition coefficient (Wildman–Crippen LogP) is 3.06. The van der Waals surface area contributed by atoms with E-state index >= 15 is 0 Å². The summed E-state index contributed by atoms with van der Waals surface area (Å²) in [6.07, 6.45) is 0.423. The van der Waals surface area contributed by atoms with Crippen molar-refractivity contribution >= 4 is 17.3 Å². The molecule has 1 aromatic carbocycles. The molecule has 0 spiro atoms. The second-order valence-corrected chi connectivity index (χ2v) is 6.28. The lowest BCUT2D eigenvalue weighted by molar-refractivity contribution is -0.385. The molecule has 0 aliphatic heterocycles. The third-order valence-corrected chi connectivity index (χ3v) is 4.09. The summed E-state index contributed by atoms with van der Waals surface area (Å²) in [5, 5.41) is 25.6. The SMILES string of the molecule is CCCc1nn(C)c(C(=O)CC(=O)c2cc(C)cc(C)c2O)c1[N+](=O)[O-]. The highest BCUT2D eigenvalue weighted by Crippen LogP contribution is 2.28. The zero-order valence-corrected chi connectivity index (χ0v) is 15.2. The lowest BCUT2D eigenvalue weighted by Gasteiger charge is -2.08. The van der Waals surface area contributed by atoms with Gasteiger partial charge in [-0.3, -0.25) is 24.4 Å². The van der Waals surface area contributed by atoms with Crippen molar-refractivity contribution in [1.29, 1.82) is 0 Å². The molecule has 0 radical (unpaired) electrons. The molecule has 0 bridgehead atoms. The van der Waals surface area contributed by atoms with Gasteiger partial charge < -0.3 is 5.11 Å². The van der Waals surface area contributed by atoms with E-state index in [9.17, 15) is 24.8 Å². The predicted molar refractivity (Wildman–Crippen MR) is 94.7 cm³/mol. The van der Waals surface area contributed by atoms with Crippen molar-refractivity contribution < 1.29 is 19.6 Å². The summed E-state index contributed by atoms with van der Waals surface area (Å²) in [6, 6.07) is 3.22. The summed E-state index contributed by atoms with van der Waals surface area (Å²) in [6.45, 7) is 5.28. The van der Waals surface area contributed by atoms with Crippen molar-refractivity contribution in [3.8, 4) is 5.75 Å². The van der Waals surface area contributed by atoms with Crippen LogP contribution in [0, 0.1) is 24.0 Å². The molecule has 138 valence electrons. The molecule has 1 heterocycles. The molecule has 8 heteroatoms. The molecule has 2 rings (SSSR count). The van der Waals surface area contributed by atoms with Crippen molar-refractivity contribution in [3.05, 3.63) is 50.3 Å². The number of nitrogens with zero attached hydrogens (tertiary/aromatic N) is 3. The summed E-state index contributed by atoms with van der Waals surface area (Å²) in [7, 11) is 1.44. The fourth-order valence-corrected chi connectivity index (χ4v) is 2.98. The molecule has 0 fully saturated rings. The minimum Gasteiger partial charge on any atom is -0.507 e. The Kier molecular flexibility index (Phi) is 5.54. The summed E-state index contributed by atoms with van der Waals surface area (Å²) in [4.78, 5) is 35.9. The molecule has 2 aromatic rings. The number of hydrogen-bond acceptors (Lipinski definition) is 6. The van der Waals surface area contributed by atoms with Gasteiger partial charge in [-0.15, -0.1) is 0 Å². The van der Waals surface area contributed by atoms with Crippen molar-refractivity contribution in [1.82, 2.24) is 9.78 Å². The largest absolute Gasteiger partial charge is 0.507 e. The van der Waals surface area contributed by atoms with Crippen LogP contribution < -0.4 is 0 Å². The van der Waals surface area contributed by atoms with Gasteiger partial charge in [0.05, 0.1) is 16.9 Å². The first-order chi connectivity index (χ1) is 12.2. The molecule has 0 aliphatic rings. The van der Waals surface area contributed by atoms with Gasteiger partial charge in [0, 0.05) is 7.05 Å². The Morgan fingerprint density at radius 2 is 1.92 bits per heavy atom. The molecule has 0 saturated carbocycles. The van der Waals surface area contributed by atoms with Crippen LogP contribution >= 0.6 is 0 Å². The number of hydrogen-bond donors (Lipinski definition) is 1. The van der Waals surface area contributed by atoms with E-state index in [-0.39, 0.29) is 28.4 Å². The number of ketones is 2. The van der Waals surface area contributed by atoms with Crippen LogP contribution in [0.4, 0.5) is 5.69 Å². The number of aromatic hydroxyl groups is 1. The number of aryl methyl sites for hydroxylation is 4. The van der Waals surface area contributed by atoms with Gasteiger partial charge in [-0.1, -0.05) is 19.4 Å². The van der Waals surface area contributed by atoms with E-state index in [0.29, 0.717) is 18.4 Å². The van der Waals surface area contributed by atoms with Gasteiger partial charge in [0.2, 0.25) is 0 Å². The summed E-state index contributed by atoms with van der Waals surface area (Å²) in [5.74, 6) is -1.47. The molecule has 0 saturated heterocycles. The Balaban J connectivity index is 2.39. The van der Waals surface area contributed by atoms with Crippen LogP contribution in [-0.4, -0.2) is 31.4 Å². The van der Waals surface area contributed by atoms with Gasteiger partial charge in [-0.05, 0) is 37.5 Å². The fourth-order valence-electron chi connectivity index (χ4n) is 2.98. The standard InChI is InChI=1S/C18H21N3O5/c1-5-6-13-16(21(25)26)17(20(4)19-13)15(23)9-14(22)12-8-10(2)7-11(3)18(12)24/h7-8,24H,5-6,9H2,1-4H3. The van der Waals surface area contributed by atoms with Gasteiger partial charge >= 0.3 is 5.69 Å². The number of phenolic OH excluding ortho intramolecular Hbond substituents is 1. The van der Waals surface area contributed by atoms with Gasteiger partial charge in [0.1, 0.15) is 11.4 Å². The first kappa shape index (κ1) is 19.3. The van der Waals surface area contributed by atoms with E-state index in [1.807, 2.05) is 6.92 Å². The highest BCUT2D eigenvalue weighted by atomic mass is 16.6. The summed E-state index contributed by atoms with van der Waals surface area (Å²) >= 11 is 0. The molecule has 1 aromatic heterocycles. The normalized spacial score (nSPS) is 10.8. The molecule has 26 heavy (non-hydrogen) atoms. The Morgan fingerprint density at radius 1 is 1.27 bits per heavy atom. The summed E-state index contributed by atoms with van der Waals surface area (Å²) in [5.41, 5.74) is 1.01. The Morgan fingerprint density at radius 3 is 2.50 bits per heavy atom. The smallest absolute Gasteiger partial charge is 0.321 e. The third-order valence-electron chi connectivity index (χ3n) is 4.09. The average Bonchev–Trinajstić information content (AvgIpc) is 2.87. The lowest BCUT2D eigenvalue weighted by atomic mass is 9.98. The van der Waals surface area contributed by atoms with Crippen LogP contribution in [0.15, 0.2) is 12.1 Å². The highest BCUT2D eigenvalue weighted by molar-refractivity contribution is 6.15. The zero-order chi connectivity index (χ0) is 19.6. The second-order valence-electron chi connectivity index (χ2n) is 6.28. The van der Waals surface area contributed by atoms with Gasteiger partial charge in [0.25, 0.3) is 0 Å². The van der Waals surface area contributed by atoms with Crippen LogP contribution in [0.5, 0.6) is 5.75 Å². The molecule has 1 N–H and O–H groups in total. The van der Waals surface area contributed by atoms with Gasteiger partial charge in [-0.25, -0.2) is 0 Å². The maximum atomic E-state index is 12.6. The van der Waals surface area contributed by atoms with Crippen LogP contribution in [0.2, 0.25) is 0 Å². The maximum absolute atomic E-state index is 12.6. The number of Topliss-reactive ketones (excluding diaryl/α,β-unsaturated/α-hetero) is 2. The van der Waals surface area contributed by atoms with Gasteiger partial charge in [-0.2, -0.15) is 5.10 Å². The summed E-state index contributed by atoms with van der Waals surface area (Å²) < 4.78 is 1.15. The fraction of sp³-hybridized carbons (Fsp3) is 0.389. The number of phenols is 1. The zero-order valence-electron chi connectivity index (χ0n) is 15.2. The molecule has 0 amide bonds. The molecule has 0 atom stereocenters. The Hall–Kier alpha value is -3.03. The minimum atomic E-state index is -0.697.